The highest BCUT2D eigenvalue weighted by atomic mass is 32.2. The van der Waals surface area contributed by atoms with Crippen LogP contribution in [0.4, 0.5) is 0 Å². The number of sulfonamides is 1. The molecule has 1 fully saturated rings. The molecule has 0 spiro atoms. The Morgan fingerprint density at radius 2 is 2.04 bits per heavy atom. The minimum atomic E-state index is -3.43. The maximum atomic E-state index is 12.4. The van der Waals surface area contributed by atoms with Crippen LogP contribution < -0.4 is 5.32 Å². The third-order valence-corrected chi connectivity index (χ3v) is 5.05. The van der Waals surface area contributed by atoms with Crippen LogP contribution in [0, 0.1) is 5.92 Å². The summed E-state index contributed by atoms with van der Waals surface area (Å²) in [5.74, 6) is -1.07. The Morgan fingerprint density at radius 1 is 1.30 bits per heavy atom. The average Bonchev–Trinajstić information content (AvgIpc) is 2.87. The molecule has 2 heterocycles. The number of carbonyl (C=O) groups is 2. The van der Waals surface area contributed by atoms with Crippen molar-refractivity contribution in [1.29, 1.82) is 0 Å². The summed E-state index contributed by atoms with van der Waals surface area (Å²) in [6, 6.07) is 1.72. The Kier molecular flexibility index (Phi) is 5.37. The van der Waals surface area contributed by atoms with Crippen LogP contribution in [0.3, 0.4) is 0 Å². The van der Waals surface area contributed by atoms with Crippen molar-refractivity contribution < 1.29 is 18.0 Å². The Morgan fingerprint density at radius 3 is 2.61 bits per heavy atom. The summed E-state index contributed by atoms with van der Waals surface area (Å²) in [7, 11) is -1.93. The number of hydrogen-bond donors (Lipinski definition) is 1. The van der Waals surface area contributed by atoms with Crippen molar-refractivity contribution >= 4 is 21.8 Å². The lowest BCUT2D eigenvalue weighted by Crippen LogP contribution is -2.42. The van der Waals surface area contributed by atoms with E-state index in [1.54, 1.807) is 18.5 Å². The number of aromatic nitrogens is 2. The molecule has 0 aliphatic carbocycles. The minimum absolute atomic E-state index is 0.0618. The van der Waals surface area contributed by atoms with Crippen LogP contribution in [0.25, 0.3) is 0 Å². The molecule has 1 atom stereocenters. The molecule has 10 heteroatoms. The van der Waals surface area contributed by atoms with E-state index < -0.39 is 15.9 Å². The standard InChI is InChI=1S/C13H21N5O4S/c1-14-13(20)11-8-16(6-7-18(9-11)23(2,21)22)12(19)10-17-5-3-4-15-17/h3-5,11H,6-10H2,1-2H3,(H,14,20)/t11-/m1/s1. The third-order valence-electron chi connectivity index (χ3n) is 3.78. The molecule has 0 unspecified atom stereocenters. The molecule has 1 aliphatic rings. The van der Waals surface area contributed by atoms with Gasteiger partial charge in [-0.05, 0) is 6.07 Å². The van der Waals surface area contributed by atoms with Crippen molar-refractivity contribution in [3.8, 4) is 0 Å². The molecule has 0 saturated carbocycles. The van der Waals surface area contributed by atoms with Gasteiger partial charge in [-0.25, -0.2) is 8.42 Å². The second-order valence-electron chi connectivity index (χ2n) is 5.48. The average molecular weight is 343 g/mol. The van der Waals surface area contributed by atoms with Gasteiger partial charge in [-0.3, -0.25) is 14.3 Å². The maximum Gasteiger partial charge on any atom is 0.244 e. The molecule has 1 aromatic rings. The van der Waals surface area contributed by atoms with Crippen molar-refractivity contribution in [2.75, 3.05) is 39.5 Å². The number of nitrogens with one attached hydrogen (secondary N) is 1. The number of hydrogen-bond acceptors (Lipinski definition) is 5. The van der Waals surface area contributed by atoms with E-state index in [9.17, 15) is 18.0 Å². The predicted molar refractivity (Wildman–Crippen MR) is 82.8 cm³/mol. The molecule has 1 aliphatic heterocycles. The monoisotopic (exact) mass is 343 g/mol. The van der Waals surface area contributed by atoms with Crippen LogP contribution in [-0.4, -0.2) is 78.7 Å². The first-order chi connectivity index (χ1) is 10.8. The lowest BCUT2D eigenvalue weighted by Gasteiger charge is -2.23. The van der Waals surface area contributed by atoms with Gasteiger partial charge < -0.3 is 10.2 Å². The first kappa shape index (κ1) is 17.4. The summed E-state index contributed by atoms with van der Waals surface area (Å²) in [6.07, 6.45) is 4.36. The number of amides is 2. The van der Waals surface area contributed by atoms with Gasteiger partial charge >= 0.3 is 0 Å². The van der Waals surface area contributed by atoms with E-state index in [-0.39, 0.29) is 44.5 Å². The molecular formula is C13H21N5O4S. The van der Waals surface area contributed by atoms with Crippen molar-refractivity contribution in [2.24, 2.45) is 5.92 Å². The van der Waals surface area contributed by atoms with E-state index in [2.05, 4.69) is 10.4 Å². The zero-order valence-electron chi connectivity index (χ0n) is 13.2. The van der Waals surface area contributed by atoms with Gasteiger partial charge in [-0.1, -0.05) is 0 Å². The van der Waals surface area contributed by atoms with E-state index >= 15 is 0 Å². The summed E-state index contributed by atoms with van der Waals surface area (Å²) < 4.78 is 26.4. The molecule has 0 radical (unpaired) electrons. The van der Waals surface area contributed by atoms with Gasteiger partial charge in [0, 0.05) is 45.6 Å². The highest BCUT2D eigenvalue weighted by Crippen LogP contribution is 2.13. The van der Waals surface area contributed by atoms with Crippen LogP contribution in [0.2, 0.25) is 0 Å². The molecule has 0 aromatic carbocycles. The third kappa shape index (κ3) is 4.52. The molecule has 2 rings (SSSR count). The van der Waals surface area contributed by atoms with Crippen LogP contribution >= 0.6 is 0 Å². The number of carbonyl (C=O) groups excluding carboxylic acids is 2. The summed E-state index contributed by atoms with van der Waals surface area (Å²) in [4.78, 5) is 25.9. The van der Waals surface area contributed by atoms with Crippen LogP contribution in [0.5, 0.6) is 0 Å². The number of rotatable bonds is 4. The van der Waals surface area contributed by atoms with Crippen molar-refractivity contribution in [1.82, 2.24) is 24.3 Å². The fourth-order valence-electron chi connectivity index (χ4n) is 2.51. The van der Waals surface area contributed by atoms with Gasteiger partial charge in [0.1, 0.15) is 6.54 Å². The van der Waals surface area contributed by atoms with Crippen molar-refractivity contribution in [3.05, 3.63) is 18.5 Å². The van der Waals surface area contributed by atoms with E-state index in [0.717, 1.165) is 6.26 Å². The van der Waals surface area contributed by atoms with E-state index in [0.29, 0.717) is 0 Å². The van der Waals surface area contributed by atoms with Crippen molar-refractivity contribution in [2.45, 2.75) is 6.54 Å². The van der Waals surface area contributed by atoms with Gasteiger partial charge in [-0.2, -0.15) is 9.40 Å². The topological polar surface area (TPSA) is 105 Å². The van der Waals surface area contributed by atoms with Gasteiger partial charge in [0.05, 0.1) is 12.2 Å². The van der Waals surface area contributed by atoms with E-state index in [1.807, 2.05) is 0 Å². The van der Waals surface area contributed by atoms with E-state index in [1.165, 1.54) is 20.9 Å². The first-order valence-electron chi connectivity index (χ1n) is 7.23. The SMILES string of the molecule is CNC(=O)[C@@H]1CN(C(=O)Cn2cccn2)CCN(S(C)(=O)=O)C1. The lowest BCUT2D eigenvalue weighted by atomic mass is 10.1. The molecule has 2 amide bonds. The molecule has 9 nitrogen and oxygen atoms in total. The zero-order chi connectivity index (χ0) is 17.0. The summed E-state index contributed by atoms with van der Waals surface area (Å²) in [5, 5.41) is 6.51. The Bertz CT molecular complexity index is 658. The van der Waals surface area contributed by atoms with Gasteiger partial charge in [0.2, 0.25) is 21.8 Å². The molecule has 23 heavy (non-hydrogen) atoms. The Hall–Kier alpha value is -1.94. The second-order valence-corrected chi connectivity index (χ2v) is 7.46. The van der Waals surface area contributed by atoms with Crippen LogP contribution in [-0.2, 0) is 26.2 Å². The Labute approximate surface area is 135 Å². The molecule has 1 aromatic heterocycles. The summed E-state index contributed by atoms with van der Waals surface area (Å²) in [6.45, 7) is 0.750. The lowest BCUT2D eigenvalue weighted by molar-refractivity contribution is -0.133. The molecular weight excluding hydrogens is 322 g/mol. The van der Waals surface area contributed by atoms with Crippen LogP contribution in [0.1, 0.15) is 0 Å². The fraction of sp³-hybridized carbons (Fsp3) is 0.615. The normalized spacial score (nSPS) is 20.1. The largest absolute Gasteiger partial charge is 0.359 e. The zero-order valence-corrected chi connectivity index (χ0v) is 14.0. The second kappa shape index (κ2) is 7.09. The number of nitrogens with zero attached hydrogens (tertiary/aromatic N) is 4. The summed E-state index contributed by atoms with van der Waals surface area (Å²) >= 11 is 0. The smallest absolute Gasteiger partial charge is 0.244 e. The predicted octanol–water partition coefficient (Wildman–Crippen LogP) is -1.65. The van der Waals surface area contributed by atoms with Gasteiger partial charge in [0.25, 0.3) is 0 Å². The molecule has 1 N–H and O–H groups in total. The highest BCUT2D eigenvalue weighted by molar-refractivity contribution is 7.88. The Balaban J connectivity index is 2.14. The summed E-state index contributed by atoms with van der Waals surface area (Å²) in [5.41, 5.74) is 0. The minimum Gasteiger partial charge on any atom is -0.359 e. The van der Waals surface area contributed by atoms with Crippen molar-refractivity contribution in [3.63, 3.8) is 0 Å². The molecule has 1 saturated heterocycles. The maximum absolute atomic E-state index is 12.4. The van der Waals surface area contributed by atoms with Crippen LogP contribution in [0.15, 0.2) is 18.5 Å². The molecule has 128 valence electrons. The first-order valence-corrected chi connectivity index (χ1v) is 9.08. The highest BCUT2D eigenvalue weighted by Gasteiger charge is 2.32. The van der Waals surface area contributed by atoms with E-state index in [4.69, 9.17) is 0 Å². The quantitative estimate of drug-likeness (QED) is 0.705. The van der Waals surface area contributed by atoms with Gasteiger partial charge in [0.15, 0.2) is 0 Å². The van der Waals surface area contributed by atoms with Gasteiger partial charge in [-0.15, -0.1) is 0 Å². The molecule has 0 bridgehead atoms. The fourth-order valence-corrected chi connectivity index (χ4v) is 3.38.